The first-order chi connectivity index (χ1) is 11.2. The molecule has 1 heterocycles. The zero-order valence-corrected chi connectivity index (χ0v) is 14.2. The van der Waals surface area contributed by atoms with Crippen LogP contribution in [-0.4, -0.2) is 23.9 Å². The van der Waals surface area contributed by atoms with E-state index in [4.69, 9.17) is 10.5 Å². The molecule has 0 saturated heterocycles. The monoisotopic (exact) mass is 331 g/mol. The lowest BCUT2D eigenvalue weighted by molar-refractivity contribution is 0.198. The Morgan fingerprint density at radius 3 is 2.74 bits per heavy atom. The highest BCUT2D eigenvalue weighted by atomic mass is 32.1. The van der Waals surface area contributed by atoms with Gasteiger partial charge in [0.05, 0.1) is 13.2 Å². The maximum Gasteiger partial charge on any atom is 0.119 e. The molecule has 0 bridgehead atoms. The van der Waals surface area contributed by atoms with Gasteiger partial charge in [-0.05, 0) is 67.2 Å². The van der Waals surface area contributed by atoms with Crippen LogP contribution in [0, 0.1) is 0 Å². The fourth-order valence-corrected chi connectivity index (χ4v) is 4.06. The van der Waals surface area contributed by atoms with Crippen molar-refractivity contribution in [1.82, 2.24) is 0 Å². The average molecular weight is 331 g/mol. The second kappa shape index (κ2) is 7.47. The summed E-state index contributed by atoms with van der Waals surface area (Å²) < 4.78 is 5.82. The minimum atomic E-state index is -0.387. The molecule has 1 saturated carbocycles. The van der Waals surface area contributed by atoms with Crippen LogP contribution in [0.5, 0.6) is 5.75 Å². The van der Waals surface area contributed by atoms with Gasteiger partial charge in [0.15, 0.2) is 0 Å². The molecule has 0 unspecified atom stereocenters. The molecule has 0 radical (unpaired) electrons. The lowest BCUT2D eigenvalue weighted by Gasteiger charge is -2.21. The quantitative estimate of drug-likeness (QED) is 0.760. The molecule has 3 N–H and O–H groups in total. The molecule has 4 heteroatoms. The smallest absolute Gasteiger partial charge is 0.119 e. The number of thiophene rings is 1. The highest BCUT2D eigenvalue weighted by Gasteiger charge is 2.35. The summed E-state index contributed by atoms with van der Waals surface area (Å²) in [6.07, 6.45) is 4.94. The molecule has 2 atom stereocenters. The Bertz CT molecular complexity index is 596. The van der Waals surface area contributed by atoms with Gasteiger partial charge in [0.1, 0.15) is 5.75 Å². The van der Waals surface area contributed by atoms with Crippen LogP contribution >= 0.6 is 11.3 Å². The highest BCUT2D eigenvalue weighted by molar-refractivity contribution is 7.09. The van der Waals surface area contributed by atoms with Gasteiger partial charge in [0, 0.05) is 10.4 Å². The zero-order chi connectivity index (χ0) is 16.1. The minimum Gasteiger partial charge on any atom is -0.494 e. The van der Waals surface area contributed by atoms with Gasteiger partial charge in [-0.1, -0.05) is 18.2 Å². The molecule has 1 aliphatic rings. The Balaban J connectivity index is 1.46. The predicted octanol–water partition coefficient (Wildman–Crippen LogP) is 3.72. The third-order valence-corrected chi connectivity index (χ3v) is 5.66. The lowest BCUT2D eigenvalue weighted by atomic mass is 9.94. The van der Waals surface area contributed by atoms with E-state index in [0.717, 1.165) is 44.5 Å². The molecule has 1 aromatic heterocycles. The van der Waals surface area contributed by atoms with Crippen molar-refractivity contribution in [2.45, 2.75) is 43.6 Å². The van der Waals surface area contributed by atoms with Crippen molar-refractivity contribution in [2.75, 3.05) is 13.2 Å². The Morgan fingerprint density at radius 2 is 2.09 bits per heavy atom. The summed E-state index contributed by atoms with van der Waals surface area (Å²) in [6.45, 7) is 0.825. The van der Waals surface area contributed by atoms with E-state index in [1.807, 2.05) is 0 Å². The molecule has 124 valence electrons. The summed E-state index contributed by atoms with van der Waals surface area (Å²) in [5.74, 6) is 1.39. The van der Waals surface area contributed by atoms with Gasteiger partial charge in [-0.25, -0.2) is 0 Å². The maximum absolute atomic E-state index is 9.38. The maximum atomic E-state index is 9.38. The first kappa shape index (κ1) is 16.5. The molecule has 3 rings (SSSR count). The van der Waals surface area contributed by atoms with Crippen molar-refractivity contribution in [3.63, 3.8) is 0 Å². The van der Waals surface area contributed by atoms with Gasteiger partial charge in [0.2, 0.25) is 0 Å². The third-order valence-electron chi connectivity index (χ3n) is 4.73. The van der Waals surface area contributed by atoms with E-state index in [1.54, 1.807) is 11.3 Å². The van der Waals surface area contributed by atoms with Gasteiger partial charge in [-0.3, -0.25) is 0 Å². The number of rotatable bonds is 7. The fourth-order valence-electron chi connectivity index (χ4n) is 3.31. The highest BCUT2D eigenvalue weighted by Crippen LogP contribution is 2.39. The molecule has 0 spiro atoms. The molecule has 1 aliphatic carbocycles. The standard InChI is InChI=1S/C19H25NO2S/c20-19(14-21)10-9-16(13-19)15-5-7-17(8-6-15)22-11-1-3-18-4-2-12-23-18/h2,4-8,12,16,21H,1,3,9-11,13-14,20H2/t16-,19+/m1/s1. The molecular formula is C19H25NO2S. The molecule has 3 nitrogen and oxygen atoms in total. The molecule has 1 aromatic carbocycles. The number of nitrogens with two attached hydrogens (primary N) is 1. The number of aryl methyl sites for hydroxylation is 1. The van der Waals surface area contributed by atoms with Crippen LogP contribution in [0.25, 0.3) is 0 Å². The van der Waals surface area contributed by atoms with Crippen LogP contribution in [0.15, 0.2) is 41.8 Å². The molecule has 23 heavy (non-hydrogen) atoms. The normalized spacial score (nSPS) is 24.0. The van der Waals surface area contributed by atoms with E-state index >= 15 is 0 Å². The number of hydrogen-bond donors (Lipinski definition) is 2. The summed E-state index contributed by atoms with van der Waals surface area (Å²) in [7, 11) is 0. The van der Waals surface area contributed by atoms with Crippen molar-refractivity contribution in [2.24, 2.45) is 5.73 Å². The fraction of sp³-hybridized carbons (Fsp3) is 0.474. The molecule has 2 aromatic rings. The van der Waals surface area contributed by atoms with Crippen molar-refractivity contribution in [3.8, 4) is 5.75 Å². The van der Waals surface area contributed by atoms with E-state index in [9.17, 15) is 5.11 Å². The Labute approximate surface area is 142 Å². The van der Waals surface area contributed by atoms with Crippen LogP contribution in [0.1, 0.15) is 42.0 Å². The van der Waals surface area contributed by atoms with Gasteiger partial charge < -0.3 is 15.6 Å². The van der Waals surface area contributed by atoms with Crippen molar-refractivity contribution >= 4 is 11.3 Å². The summed E-state index contributed by atoms with van der Waals surface area (Å²) in [4.78, 5) is 1.42. The zero-order valence-electron chi connectivity index (χ0n) is 13.4. The molecule has 0 aliphatic heterocycles. The van der Waals surface area contributed by atoms with Crippen molar-refractivity contribution in [3.05, 3.63) is 52.2 Å². The van der Waals surface area contributed by atoms with Crippen molar-refractivity contribution in [1.29, 1.82) is 0 Å². The minimum absolute atomic E-state index is 0.0783. The van der Waals surface area contributed by atoms with Crippen molar-refractivity contribution < 1.29 is 9.84 Å². The van der Waals surface area contributed by atoms with E-state index < -0.39 is 0 Å². The van der Waals surface area contributed by atoms with Crippen LogP contribution in [-0.2, 0) is 6.42 Å². The topological polar surface area (TPSA) is 55.5 Å². The Morgan fingerprint density at radius 1 is 1.26 bits per heavy atom. The first-order valence-electron chi connectivity index (χ1n) is 8.33. The molecular weight excluding hydrogens is 306 g/mol. The predicted molar refractivity (Wildman–Crippen MR) is 95.2 cm³/mol. The van der Waals surface area contributed by atoms with Crippen LogP contribution in [0.2, 0.25) is 0 Å². The van der Waals surface area contributed by atoms with Gasteiger partial charge in [-0.2, -0.15) is 0 Å². The summed E-state index contributed by atoms with van der Waals surface area (Å²) in [6, 6.07) is 12.6. The number of aliphatic hydroxyl groups excluding tert-OH is 1. The number of aliphatic hydroxyl groups is 1. The molecule has 0 amide bonds. The van der Waals surface area contributed by atoms with Crippen LogP contribution in [0.3, 0.4) is 0 Å². The summed E-state index contributed by atoms with van der Waals surface area (Å²) in [5, 5.41) is 11.5. The summed E-state index contributed by atoms with van der Waals surface area (Å²) >= 11 is 1.80. The van der Waals surface area contributed by atoms with Crippen LogP contribution in [0.4, 0.5) is 0 Å². The van der Waals surface area contributed by atoms with Gasteiger partial charge in [0.25, 0.3) is 0 Å². The lowest BCUT2D eigenvalue weighted by Crippen LogP contribution is -2.40. The Hall–Kier alpha value is -1.36. The van der Waals surface area contributed by atoms with Gasteiger partial charge in [-0.15, -0.1) is 11.3 Å². The number of hydrogen-bond acceptors (Lipinski definition) is 4. The van der Waals surface area contributed by atoms with E-state index in [0.29, 0.717) is 5.92 Å². The number of benzene rings is 1. The average Bonchev–Trinajstić information content (AvgIpc) is 3.23. The first-order valence-corrected chi connectivity index (χ1v) is 9.21. The third kappa shape index (κ3) is 4.34. The Kier molecular flexibility index (Phi) is 5.36. The SMILES string of the molecule is N[C@@]1(CO)CC[C@@H](c2ccc(OCCCc3cccs3)cc2)C1. The van der Waals surface area contributed by atoms with E-state index in [2.05, 4.69) is 41.8 Å². The second-order valence-corrected chi connectivity index (χ2v) is 7.59. The van der Waals surface area contributed by atoms with Crippen LogP contribution < -0.4 is 10.5 Å². The van der Waals surface area contributed by atoms with E-state index in [-0.39, 0.29) is 12.1 Å². The molecule has 1 fully saturated rings. The van der Waals surface area contributed by atoms with Gasteiger partial charge >= 0.3 is 0 Å². The van der Waals surface area contributed by atoms with E-state index in [1.165, 1.54) is 10.4 Å². The number of ether oxygens (including phenoxy) is 1. The second-order valence-electron chi connectivity index (χ2n) is 6.56. The summed E-state index contributed by atoms with van der Waals surface area (Å²) in [5.41, 5.74) is 7.08. The largest absolute Gasteiger partial charge is 0.494 e.